The molecule has 5 heteroatoms. The van der Waals surface area contributed by atoms with E-state index < -0.39 is 0 Å². The second-order valence-electron chi connectivity index (χ2n) is 7.65. The number of carbonyl (C=O) groups is 1. The van der Waals surface area contributed by atoms with Crippen LogP contribution in [0.1, 0.15) is 47.7 Å². The van der Waals surface area contributed by atoms with Gasteiger partial charge in [0.05, 0.1) is 24.4 Å². The molecule has 0 unspecified atom stereocenters. The van der Waals surface area contributed by atoms with Crippen molar-refractivity contribution in [2.24, 2.45) is 0 Å². The van der Waals surface area contributed by atoms with E-state index in [0.717, 1.165) is 53.8 Å². The van der Waals surface area contributed by atoms with Crippen LogP contribution in [0, 0.1) is 13.8 Å². The third kappa shape index (κ3) is 3.70. The minimum absolute atomic E-state index is 0.0387. The van der Waals surface area contributed by atoms with Crippen LogP contribution in [0.25, 0.3) is 11.1 Å². The van der Waals surface area contributed by atoms with E-state index in [1.165, 1.54) is 5.56 Å². The molecule has 5 nitrogen and oxygen atoms in total. The molecule has 3 heterocycles. The molecule has 1 saturated heterocycles. The summed E-state index contributed by atoms with van der Waals surface area (Å²) in [5.41, 5.74) is 6.61. The van der Waals surface area contributed by atoms with Gasteiger partial charge in [-0.05, 0) is 55.9 Å². The minimum atomic E-state index is 0.0387. The summed E-state index contributed by atoms with van der Waals surface area (Å²) in [5, 5.41) is 7.51. The first-order valence-electron chi connectivity index (χ1n) is 9.93. The number of nitrogens with one attached hydrogen (secondary N) is 1. The van der Waals surface area contributed by atoms with E-state index >= 15 is 0 Å². The quantitative estimate of drug-likeness (QED) is 0.737. The molecule has 0 saturated carbocycles. The summed E-state index contributed by atoms with van der Waals surface area (Å²) in [7, 11) is 0. The van der Waals surface area contributed by atoms with Crippen molar-refractivity contribution in [3.63, 3.8) is 0 Å². The Labute approximate surface area is 165 Å². The van der Waals surface area contributed by atoms with Crippen LogP contribution in [-0.4, -0.2) is 32.5 Å². The molecule has 1 N–H and O–H groups in total. The lowest BCUT2D eigenvalue weighted by molar-refractivity contribution is -0.134. The Balaban J connectivity index is 1.61. The normalized spacial score (nSPS) is 16.9. The molecular formula is C23H26N4O. The number of aryl methyl sites for hydroxylation is 2. The Morgan fingerprint density at radius 2 is 1.93 bits per heavy atom. The number of pyridine rings is 1. The van der Waals surface area contributed by atoms with Gasteiger partial charge in [-0.3, -0.25) is 14.9 Å². The van der Waals surface area contributed by atoms with E-state index in [0.29, 0.717) is 6.42 Å². The van der Waals surface area contributed by atoms with Crippen molar-refractivity contribution < 1.29 is 4.79 Å². The van der Waals surface area contributed by atoms with E-state index in [1.54, 1.807) is 6.20 Å². The maximum absolute atomic E-state index is 13.2. The fourth-order valence-corrected chi connectivity index (χ4v) is 4.05. The fourth-order valence-electron chi connectivity index (χ4n) is 4.05. The molecular weight excluding hydrogens is 348 g/mol. The lowest BCUT2D eigenvalue weighted by Crippen LogP contribution is -2.39. The van der Waals surface area contributed by atoms with Gasteiger partial charge in [0.2, 0.25) is 5.91 Å². The van der Waals surface area contributed by atoms with Gasteiger partial charge in [0.1, 0.15) is 0 Å². The number of aromatic nitrogens is 3. The van der Waals surface area contributed by atoms with Gasteiger partial charge in [-0.1, -0.05) is 29.8 Å². The maximum Gasteiger partial charge on any atom is 0.227 e. The summed E-state index contributed by atoms with van der Waals surface area (Å²) in [6, 6.07) is 10.3. The Kier molecular flexibility index (Phi) is 5.24. The number of hydrogen-bond acceptors (Lipinski definition) is 3. The number of amides is 1. The van der Waals surface area contributed by atoms with E-state index in [-0.39, 0.29) is 11.9 Å². The molecule has 1 aromatic carbocycles. The molecule has 4 rings (SSSR count). The van der Waals surface area contributed by atoms with Crippen LogP contribution in [-0.2, 0) is 11.2 Å². The van der Waals surface area contributed by atoms with Gasteiger partial charge in [0, 0.05) is 24.5 Å². The van der Waals surface area contributed by atoms with E-state index in [9.17, 15) is 4.79 Å². The van der Waals surface area contributed by atoms with Gasteiger partial charge in [-0.15, -0.1) is 0 Å². The Morgan fingerprint density at radius 1 is 1.11 bits per heavy atom. The molecule has 1 aliphatic heterocycles. The van der Waals surface area contributed by atoms with Crippen LogP contribution in [0.5, 0.6) is 0 Å². The molecule has 1 aliphatic rings. The van der Waals surface area contributed by atoms with Crippen LogP contribution in [0.2, 0.25) is 0 Å². The van der Waals surface area contributed by atoms with E-state index in [2.05, 4.69) is 41.2 Å². The lowest BCUT2D eigenvalue weighted by Gasteiger charge is -2.36. The molecule has 0 radical (unpaired) electrons. The number of benzene rings is 1. The zero-order chi connectivity index (χ0) is 19.5. The first kappa shape index (κ1) is 18.4. The zero-order valence-corrected chi connectivity index (χ0v) is 16.5. The summed E-state index contributed by atoms with van der Waals surface area (Å²) in [4.78, 5) is 19.4. The van der Waals surface area contributed by atoms with Crippen molar-refractivity contribution in [2.45, 2.75) is 45.6 Å². The number of likely N-dealkylation sites (tertiary alicyclic amines) is 1. The lowest BCUT2D eigenvalue weighted by atomic mass is 9.93. The molecule has 3 aromatic rings. The highest BCUT2D eigenvalue weighted by Crippen LogP contribution is 2.36. The highest BCUT2D eigenvalue weighted by Gasteiger charge is 2.31. The molecule has 1 atom stereocenters. The number of piperidine rings is 1. The summed E-state index contributed by atoms with van der Waals surface area (Å²) in [5.74, 6) is 0.181. The first-order valence-corrected chi connectivity index (χ1v) is 9.93. The van der Waals surface area contributed by atoms with Crippen LogP contribution in [0.3, 0.4) is 0 Å². The average Bonchev–Trinajstić information content (AvgIpc) is 3.19. The van der Waals surface area contributed by atoms with Gasteiger partial charge in [-0.25, -0.2) is 0 Å². The second kappa shape index (κ2) is 7.97. The summed E-state index contributed by atoms with van der Waals surface area (Å²) < 4.78 is 0. The molecule has 1 fully saturated rings. The summed E-state index contributed by atoms with van der Waals surface area (Å²) >= 11 is 0. The number of carbonyl (C=O) groups excluding carboxylic acids is 1. The number of rotatable bonds is 4. The standard InChI is InChI=1S/C23H26N4O/c1-16-6-8-18(9-7-16)13-22(28)27-12-4-3-5-21(27)23-20(15-25-26-23)19-10-11-24-14-17(19)2/h6-11,14-15,21H,3-5,12-13H2,1-2H3,(H,25,26)/t21-/m1/s1. The number of nitrogens with zero attached hydrogens (tertiary/aromatic N) is 3. The smallest absolute Gasteiger partial charge is 0.227 e. The monoisotopic (exact) mass is 374 g/mol. The highest BCUT2D eigenvalue weighted by atomic mass is 16.2. The van der Waals surface area contributed by atoms with Crippen molar-refractivity contribution in [3.8, 4) is 11.1 Å². The van der Waals surface area contributed by atoms with Crippen LogP contribution < -0.4 is 0 Å². The van der Waals surface area contributed by atoms with E-state index in [1.807, 2.05) is 35.5 Å². The average molecular weight is 374 g/mol. The molecule has 0 aliphatic carbocycles. The van der Waals surface area contributed by atoms with E-state index in [4.69, 9.17) is 0 Å². The highest BCUT2D eigenvalue weighted by molar-refractivity contribution is 5.80. The molecule has 28 heavy (non-hydrogen) atoms. The predicted molar refractivity (Wildman–Crippen MR) is 110 cm³/mol. The molecule has 0 spiro atoms. The Hall–Kier alpha value is -2.95. The van der Waals surface area contributed by atoms with Crippen LogP contribution >= 0.6 is 0 Å². The number of H-pyrrole nitrogens is 1. The third-order valence-corrected chi connectivity index (χ3v) is 5.61. The van der Waals surface area contributed by atoms with Crippen LogP contribution in [0.15, 0.2) is 48.9 Å². The van der Waals surface area contributed by atoms with Gasteiger partial charge >= 0.3 is 0 Å². The topological polar surface area (TPSA) is 61.9 Å². The van der Waals surface area contributed by atoms with Crippen molar-refractivity contribution in [2.75, 3.05) is 6.54 Å². The fraction of sp³-hybridized carbons (Fsp3) is 0.348. The molecule has 2 aromatic heterocycles. The Bertz CT molecular complexity index is 961. The third-order valence-electron chi connectivity index (χ3n) is 5.61. The van der Waals surface area contributed by atoms with Crippen molar-refractivity contribution in [1.29, 1.82) is 0 Å². The molecule has 144 valence electrons. The largest absolute Gasteiger partial charge is 0.334 e. The summed E-state index contributed by atoms with van der Waals surface area (Å²) in [6.07, 6.45) is 9.11. The Morgan fingerprint density at radius 3 is 2.71 bits per heavy atom. The molecule has 1 amide bonds. The van der Waals surface area contributed by atoms with Crippen LogP contribution in [0.4, 0.5) is 0 Å². The predicted octanol–water partition coefficient (Wildman–Crippen LogP) is 4.38. The van der Waals surface area contributed by atoms with Gasteiger partial charge < -0.3 is 4.90 Å². The maximum atomic E-state index is 13.2. The van der Waals surface area contributed by atoms with Gasteiger partial charge in [0.15, 0.2) is 0 Å². The van der Waals surface area contributed by atoms with Gasteiger partial charge in [0.25, 0.3) is 0 Å². The first-order chi connectivity index (χ1) is 13.6. The minimum Gasteiger partial charge on any atom is -0.334 e. The van der Waals surface area contributed by atoms with Crippen molar-refractivity contribution in [3.05, 3.63) is 71.3 Å². The molecule has 0 bridgehead atoms. The summed E-state index contributed by atoms with van der Waals surface area (Å²) in [6.45, 7) is 4.91. The van der Waals surface area contributed by atoms with Crippen molar-refractivity contribution >= 4 is 5.91 Å². The number of hydrogen-bond donors (Lipinski definition) is 1. The number of aromatic amines is 1. The van der Waals surface area contributed by atoms with Crippen molar-refractivity contribution in [1.82, 2.24) is 20.1 Å². The van der Waals surface area contributed by atoms with Gasteiger partial charge in [-0.2, -0.15) is 5.10 Å². The SMILES string of the molecule is Cc1ccc(CC(=O)N2CCCC[C@@H]2c2[nH]ncc2-c2ccncc2C)cc1. The zero-order valence-electron chi connectivity index (χ0n) is 16.5. The second-order valence-corrected chi connectivity index (χ2v) is 7.65.